The molecule has 1 heterocycles. The van der Waals surface area contributed by atoms with E-state index < -0.39 is 6.30 Å². The van der Waals surface area contributed by atoms with E-state index in [-0.39, 0.29) is 4.90 Å². The Morgan fingerprint density at radius 3 is 2.10 bits per heavy atom. The van der Waals surface area contributed by atoms with E-state index in [2.05, 4.69) is 0 Å². The Morgan fingerprint density at radius 2 is 1.90 bits per heavy atom. The lowest BCUT2D eigenvalue weighted by atomic mass is 10.8. The standard InChI is InChI=1S/C5H5F3N2/c1-9-2-3-10(4-9)5(6,7)8/h2-3H,1H3. The Labute approximate surface area is 56.5 Å². The van der Waals surface area contributed by atoms with E-state index in [9.17, 15) is 13.2 Å². The first-order valence-corrected chi connectivity index (χ1v) is 2.53. The molecule has 0 saturated carbocycles. The number of rotatable bonds is 0. The molecule has 0 atom stereocenters. The largest absolute Gasteiger partial charge is 0.486 e. The van der Waals surface area contributed by atoms with Crippen molar-refractivity contribution in [2.45, 2.75) is 6.30 Å². The number of alkyl halides is 3. The molecule has 1 aliphatic rings. The molecule has 0 bridgehead atoms. The lowest BCUT2D eigenvalue weighted by Crippen LogP contribution is -2.31. The molecule has 1 rings (SSSR count). The molecule has 0 saturated heterocycles. The van der Waals surface area contributed by atoms with Crippen LogP contribution in [-0.4, -0.2) is 23.1 Å². The molecule has 0 spiro atoms. The highest BCUT2D eigenvalue weighted by molar-refractivity contribution is 4.96. The molecule has 0 aliphatic carbocycles. The van der Waals surface area contributed by atoms with Gasteiger partial charge in [0.2, 0.25) is 6.67 Å². The highest BCUT2D eigenvalue weighted by Gasteiger charge is 2.38. The third-order valence-corrected chi connectivity index (χ3v) is 0.978. The van der Waals surface area contributed by atoms with Crippen molar-refractivity contribution < 1.29 is 13.2 Å². The van der Waals surface area contributed by atoms with Gasteiger partial charge in [0.25, 0.3) is 0 Å². The molecule has 5 heteroatoms. The Kier molecular flexibility index (Phi) is 1.50. The van der Waals surface area contributed by atoms with Crippen LogP contribution in [0.2, 0.25) is 0 Å². The first-order valence-electron chi connectivity index (χ1n) is 2.53. The van der Waals surface area contributed by atoms with Crippen LogP contribution in [0.5, 0.6) is 0 Å². The SMILES string of the molecule is CN1[C]N(C(F)(F)F)C=C1. The van der Waals surface area contributed by atoms with Gasteiger partial charge in [-0.25, -0.2) is 0 Å². The fourth-order valence-corrected chi connectivity index (χ4v) is 0.544. The summed E-state index contributed by atoms with van der Waals surface area (Å²) in [5.41, 5.74) is 0. The summed E-state index contributed by atoms with van der Waals surface area (Å²) >= 11 is 0. The van der Waals surface area contributed by atoms with Crippen molar-refractivity contribution in [1.82, 2.24) is 9.80 Å². The molecule has 56 valence electrons. The van der Waals surface area contributed by atoms with E-state index in [4.69, 9.17) is 0 Å². The van der Waals surface area contributed by atoms with Crippen molar-refractivity contribution >= 4 is 0 Å². The molecule has 0 amide bonds. The van der Waals surface area contributed by atoms with Crippen molar-refractivity contribution in [2.24, 2.45) is 0 Å². The lowest BCUT2D eigenvalue weighted by molar-refractivity contribution is -0.218. The van der Waals surface area contributed by atoms with Crippen LogP contribution in [0.15, 0.2) is 12.4 Å². The summed E-state index contributed by atoms with van der Waals surface area (Å²) in [6.45, 7) is 2.02. The Hall–Kier alpha value is -0.870. The zero-order chi connectivity index (χ0) is 7.78. The highest BCUT2D eigenvalue weighted by atomic mass is 19.4. The van der Waals surface area contributed by atoms with Gasteiger partial charge < -0.3 is 4.90 Å². The van der Waals surface area contributed by atoms with Crippen molar-refractivity contribution in [3.8, 4) is 0 Å². The third-order valence-electron chi connectivity index (χ3n) is 0.978. The molecule has 0 aromatic carbocycles. The lowest BCUT2D eigenvalue weighted by Gasteiger charge is -2.17. The Morgan fingerprint density at radius 1 is 1.30 bits per heavy atom. The van der Waals surface area contributed by atoms with E-state index in [1.807, 2.05) is 6.67 Å². The van der Waals surface area contributed by atoms with E-state index in [0.717, 1.165) is 6.20 Å². The summed E-state index contributed by atoms with van der Waals surface area (Å²) in [6.07, 6.45) is -2.17. The van der Waals surface area contributed by atoms with Gasteiger partial charge in [0.15, 0.2) is 0 Å². The molecular weight excluding hydrogens is 145 g/mol. The van der Waals surface area contributed by atoms with Gasteiger partial charge in [-0.3, -0.25) is 4.90 Å². The second-order valence-corrected chi connectivity index (χ2v) is 1.85. The predicted octanol–water partition coefficient (Wildman–Crippen LogP) is 1.22. The second kappa shape index (κ2) is 2.07. The second-order valence-electron chi connectivity index (χ2n) is 1.85. The molecule has 1 aliphatic heterocycles. The first kappa shape index (κ1) is 7.24. The molecule has 0 unspecified atom stereocenters. The number of halogens is 3. The number of hydrogen-bond acceptors (Lipinski definition) is 2. The van der Waals surface area contributed by atoms with Crippen LogP contribution < -0.4 is 0 Å². The minimum absolute atomic E-state index is 0.0625. The molecule has 0 N–H and O–H groups in total. The summed E-state index contributed by atoms with van der Waals surface area (Å²) < 4.78 is 35.2. The van der Waals surface area contributed by atoms with Gasteiger partial charge in [-0.15, -0.1) is 0 Å². The first-order chi connectivity index (χ1) is 4.50. The van der Waals surface area contributed by atoms with E-state index in [1.165, 1.54) is 18.1 Å². The number of hydrogen-bond donors (Lipinski definition) is 0. The average molecular weight is 150 g/mol. The fourth-order valence-electron chi connectivity index (χ4n) is 0.544. The minimum Gasteiger partial charge on any atom is -0.349 e. The highest BCUT2D eigenvalue weighted by Crippen LogP contribution is 2.26. The van der Waals surface area contributed by atoms with Crippen molar-refractivity contribution in [3.05, 3.63) is 19.1 Å². The van der Waals surface area contributed by atoms with Crippen molar-refractivity contribution in [1.29, 1.82) is 0 Å². The summed E-state index contributed by atoms with van der Waals surface area (Å²) in [6, 6.07) is 0. The van der Waals surface area contributed by atoms with Crippen LogP contribution >= 0.6 is 0 Å². The quantitative estimate of drug-likeness (QED) is 0.479. The fraction of sp³-hybridized carbons (Fsp3) is 0.400. The van der Waals surface area contributed by atoms with Gasteiger partial charge in [-0.05, 0) is 0 Å². The maximum Gasteiger partial charge on any atom is 0.486 e. The van der Waals surface area contributed by atoms with E-state index >= 15 is 0 Å². The molecule has 2 radical (unpaired) electrons. The normalized spacial score (nSPS) is 18.8. The van der Waals surface area contributed by atoms with Crippen LogP contribution in [0.4, 0.5) is 13.2 Å². The van der Waals surface area contributed by atoms with Gasteiger partial charge in [0.05, 0.1) is 0 Å². The predicted molar refractivity (Wildman–Crippen MR) is 28.0 cm³/mol. The molecule has 2 nitrogen and oxygen atoms in total. The summed E-state index contributed by atoms with van der Waals surface area (Å²) in [4.78, 5) is 1.26. The minimum atomic E-state index is -4.35. The smallest absolute Gasteiger partial charge is 0.349 e. The van der Waals surface area contributed by atoms with Crippen LogP contribution in [0.25, 0.3) is 0 Å². The van der Waals surface area contributed by atoms with Gasteiger partial charge >= 0.3 is 6.30 Å². The van der Waals surface area contributed by atoms with E-state index in [0.29, 0.717) is 0 Å². The molecule has 0 aromatic rings. The number of nitrogens with zero attached hydrogens (tertiary/aromatic N) is 2. The summed E-state index contributed by atoms with van der Waals surface area (Å²) in [5, 5.41) is 0. The summed E-state index contributed by atoms with van der Waals surface area (Å²) in [7, 11) is 1.47. The molecule has 0 aromatic heterocycles. The van der Waals surface area contributed by atoms with Gasteiger partial charge in [0, 0.05) is 19.4 Å². The van der Waals surface area contributed by atoms with Crippen LogP contribution in [-0.2, 0) is 0 Å². The van der Waals surface area contributed by atoms with Crippen LogP contribution in [0.1, 0.15) is 0 Å². The monoisotopic (exact) mass is 150 g/mol. The van der Waals surface area contributed by atoms with Gasteiger partial charge in [-0.1, -0.05) is 0 Å². The molecular formula is C5H5F3N2. The van der Waals surface area contributed by atoms with Crippen LogP contribution in [0.3, 0.4) is 0 Å². The topological polar surface area (TPSA) is 6.48 Å². The van der Waals surface area contributed by atoms with Crippen molar-refractivity contribution in [3.63, 3.8) is 0 Å². The summed E-state index contributed by atoms with van der Waals surface area (Å²) in [5.74, 6) is 0. The van der Waals surface area contributed by atoms with Gasteiger partial charge in [-0.2, -0.15) is 13.2 Å². The maximum absolute atomic E-state index is 11.7. The molecule has 10 heavy (non-hydrogen) atoms. The van der Waals surface area contributed by atoms with Gasteiger partial charge in [0.1, 0.15) is 0 Å². The zero-order valence-corrected chi connectivity index (χ0v) is 5.18. The molecule has 0 fully saturated rings. The average Bonchev–Trinajstić information content (AvgIpc) is 2.11. The Balaban J connectivity index is 2.55. The third kappa shape index (κ3) is 1.34. The zero-order valence-electron chi connectivity index (χ0n) is 5.18. The maximum atomic E-state index is 11.7. The van der Waals surface area contributed by atoms with Crippen LogP contribution in [0, 0.1) is 6.67 Å². The Bertz CT molecular complexity index is 151. The van der Waals surface area contributed by atoms with Crippen molar-refractivity contribution in [2.75, 3.05) is 7.05 Å². The van der Waals surface area contributed by atoms with E-state index in [1.54, 1.807) is 0 Å².